The molecule has 0 aliphatic carbocycles. The molecule has 152 valence electrons. The Balaban J connectivity index is 1.95. The lowest BCUT2D eigenvalue weighted by Crippen LogP contribution is -2.39. The van der Waals surface area contributed by atoms with Gasteiger partial charge in [0, 0.05) is 26.1 Å². The number of hydrogen-bond acceptors (Lipinski definition) is 4. The molecule has 0 radical (unpaired) electrons. The van der Waals surface area contributed by atoms with E-state index in [1.165, 1.54) is 10.5 Å². The molecule has 0 aliphatic rings. The summed E-state index contributed by atoms with van der Waals surface area (Å²) in [4.78, 5) is 22.1. The van der Waals surface area contributed by atoms with E-state index < -0.39 is 0 Å². The van der Waals surface area contributed by atoms with Gasteiger partial charge in [0.2, 0.25) is 11.8 Å². The molecule has 0 spiro atoms. The Hall–Kier alpha value is -2.83. The van der Waals surface area contributed by atoms with Crippen molar-refractivity contribution in [3.63, 3.8) is 0 Å². The fourth-order valence-electron chi connectivity index (χ4n) is 2.33. The first kappa shape index (κ1) is 21.5. The summed E-state index contributed by atoms with van der Waals surface area (Å²) in [6, 6.07) is 10.2. The molecule has 2 N–H and O–H groups in total. The Morgan fingerprint density at radius 1 is 1.18 bits per heavy atom. The van der Waals surface area contributed by atoms with Gasteiger partial charge in [0.25, 0.3) is 0 Å². The monoisotopic (exact) mass is 385 g/mol. The number of nitrogens with zero attached hydrogens (tertiary/aromatic N) is 3. The van der Waals surface area contributed by atoms with Crippen LogP contribution in [0.25, 0.3) is 0 Å². The van der Waals surface area contributed by atoms with Crippen molar-refractivity contribution in [1.82, 2.24) is 20.5 Å². The summed E-state index contributed by atoms with van der Waals surface area (Å²) >= 11 is 0. The summed E-state index contributed by atoms with van der Waals surface area (Å²) in [5, 5.41) is 6.46. The van der Waals surface area contributed by atoms with Crippen molar-refractivity contribution in [3.8, 4) is 0 Å². The standard InChI is InChI=1S/C21H31N5O2/c1-21(2,3)17-13-23-18(28-17)14-24-20(25-15-19(27)26(4)5)22-12-11-16-9-7-6-8-10-16/h6-10,13H,11-12,14-15H2,1-5H3,(H2,22,24,25). The predicted molar refractivity (Wildman–Crippen MR) is 111 cm³/mol. The number of amides is 1. The molecule has 0 bridgehead atoms. The van der Waals surface area contributed by atoms with E-state index in [4.69, 9.17) is 4.42 Å². The first-order valence-corrected chi connectivity index (χ1v) is 9.47. The zero-order chi connectivity index (χ0) is 20.6. The number of benzene rings is 1. The molecule has 1 heterocycles. The molecule has 28 heavy (non-hydrogen) atoms. The molecule has 0 saturated heterocycles. The number of nitrogens with one attached hydrogen (secondary N) is 2. The van der Waals surface area contributed by atoms with Crippen LogP contribution >= 0.6 is 0 Å². The van der Waals surface area contributed by atoms with Crippen LogP contribution in [0.4, 0.5) is 0 Å². The summed E-state index contributed by atoms with van der Waals surface area (Å²) in [6.07, 6.45) is 2.61. The number of oxazole rings is 1. The molecule has 7 nitrogen and oxygen atoms in total. The number of guanidine groups is 1. The minimum absolute atomic E-state index is 0.0599. The van der Waals surface area contributed by atoms with Crippen molar-refractivity contribution in [3.05, 3.63) is 53.7 Å². The molecule has 7 heteroatoms. The molecule has 2 rings (SSSR count). The van der Waals surface area contributed by atoms with E-state index in [9.17, 15) is 4.79 Å². The minimum Gasteiger partial charge on any atom is -0.443 e. The molecule has 0 aliphatic heterocycles. The normalized spacial score (nSPS) is 12.0. The lowest BCUT2D eigenvalue weighted by atomic mass is 9.94. The van der Waals surface area contributed by atoms with Crippen molar-refractivity contribution >= 4 is 11.9 Å². The highest BCUT2D eigenvalue weighted by Gasteiger charge is 2.19. The third-order valence-corrected chi connectivity index (χ3v) is 4.12. The van der Waals surface area contributed by atoms with E-state index in [1.54, 1.807) is 20.3 Å². The highest BCUT2D eigenvalue weighted by Crippen LogP contribution is 2.22. The van der Waals surface area contributed by atoms with Crippen LogP contribution in [0.15, 0.2) is 45.9 Å². The fraction of sp³-hybridized carbons (Fsp3) is 0.476. The van der Waals surface area contributed by atoms with E-state index in [0.717, 1.165) is 12.2 Å². The van der Waals surface area contributed by atoms with E-state index in [0.29, 0.717) is 24.9 Å². The summed E-state index contributed by atoms with van der Waals surface area (Å²) in [5.41, 5.74) is 1.15. The Morgan fingerprint density at radius 3 is 2.50 bits per heavy atom. The summed E-state index contributed by atoms with van der Waals surface area (Å²) in [6.45, 7) is 7.40. The van der Waals surface area contributed by atoms with Crippen molar-refractivity contribution in [2.75, 3.05) is 27.2 Å². The molecular weight excluding hydrogens is 354 g/mol. The minimum atomic E-state index is -0.0891. The van der Waals surface area contributed by atoms with Crippen molar-refractivity contribution in [2.24, 2.45) is 4.99 Å². The lowest BCUT2D eigenvalue weighted by molar-refractivity contribution is -0.127. The second-order valence-electron chi connectivity index (χ2n) is 7.84. The smallest absolute Gasteiger partial charge is 0.243 e. The zero-order valence-corrected chi connectivity index (χ0v) is 17.5. The second-order valence-corrected chi connectivity index (χ2v) is 7.84. The van der Waals surface area contributed by atoms with Gasteiger partial charge in [0.05, 0.1) is 12.7 Å². The Morgan fingerprint density at radius 2 is 1.89 bits per heavy atom. The number of aromatic nitrogens is 1. The Bertz CT molecular complexity index is 776. The van der Waals surface area contributed by atoms with Crippen LogP contribution in [0.3, 0.4) is 0 Å². The van der Waals surface area contributed by atoms with Crippen LogP contribution in [0.1, 0.15) is 38.0 Å². The van der Waals surface area contributed by atoms with Gasteiger partial charge in [-0.05, 0) is 12.0 Å². The number of hydrogen-bond donors (Lipinski definition) is 2. The maximum absolute atomic E-state index is 11.9. The van der Waals surface area contributed by atoms with Gasteiger partial charge in [0.1, 0.15) is 12.3 Å². The quantitative estimate of drug-likeness (QED) is 0.565. The third kappa shape index (κ3) is 7.06. The second kappa shape index (κ2) is 9.92. The van der Waals surface area contributed by atoms with Crippen LogP contribution in [-0.4, -0.2) is 48.9 Å². The summed E-state index contributed by atoms with van der Waals surface area (Å²) in [7, 11) is 3.43. The maximum atomic E-state index is 11.9. The Kier molecular flexibility index (Phi) is 7.61. The van der Waals surface area contributed by atoms with Gasteiger partial charge in [-0.1, -0.05) is 51.1 Å². The first-order chi connectivity index (χ1) is 13.3. The van der Waals surface area contributed by atoms with E-state index in [1.807, 2.05) is 18.2 Å². The molecule has 0 fully saturated rings. The van der Waals surface area contributed by atoms with Crippen molar-refractivity contribution in [1.29, 1.82) is 0 Å². The molecule has 2 aromatic rings. The molecule has 0 unspecified atom stereocenters. The van der Waals surface area contributed by atoms with Crippen molar-refractivity contribution in [2.45, 2.75) is 39.2 Å². The number of carbonyl (C=O) groups excluding carboxylic acids is 1. The van der Waals surface area contributed by atoms with Gasteiger partial charge >= 0.3 is 0 Å². The maximum Gasteiger partial charge on any atom is 0.243 e. The molecule has 0 saturated carbocycles. The molecule has 1 aromatic heterocycles. The molecule has 1 amide bonds. The molecule has 1 aromatic carbocycles. The number of aliphatic imine (C=N–C) groups is 1. The van der Waals surface area contributed by atoms with Gasteiger partial charge in [0.15, 0.2) is 5.96 Å². The third-order valence-electron chi connectivity index (χ3n) is 4.12. The van der Waals surface area contributed by atoms with Gasteiger partial charge in [-0.25, -0.2) is 9.98 Å². The van der Waals surface area contributed by atoms with Crippen LogP contribution < -0.4 is 10.6 Å². The highest BCUT2D eigenvalue weighted by molar-refractivity contribution is 5.84. The lowest BCUT2D eigenvalue weighted by Gasteiger charge is -2.14. The topological polar surface area (TPSA) is 82.8 Å². The average molecular weight is 386 g/mol. The summed E-state index contributed by atoms with van der Waals surface area (Å²) in [5.74, 6) is 1.92. The largest absolute Gasteiger partial charge is 0.443 e. The van der Waals surface area contributed by atoms with E-state index in [-0.39, 0.29) is 17.9 Å². The molecule has 0 atom stereocenters. The number of carbonyl (C=O) groups is 1. The first-order valence-electron chi connectivity index (χ1n) is 9.47. The average Bonchev–Trinajstić information content (AvgIpc) is 3.13. The van der Waals surface area contributed by atoms with Gasteiger partial charge in [-0.15, -0.1) is 0 Å². The fourth-order valence-corrected chi connectivity index (χ4v) is 2.33. The van der Waals surface area contributed by atoms with Gasteiger partial charge in [-0.2, -0.15) is 0 Å². The predicted octanol–water partition coefficient (Wildman–Crippen LogP) is 2.34. The zero-order valence-electron chi connectivity index (χ0n) is 17.5. The van der Waals surface area contributed by atoms with Crippen LogP contribution in [0, 0.1) is 0 Å². The van der Waals surface area contributed by atoms with Gasteiger partial charge in [-0.3, -0.25) is 4.79 Å². The van der Waals surface area contributed by atoms with E-state index >= 15 is 0 Å². The Labute approximate surface area is 167 Å². The van der Waals surface area contributed by atoms with Gasteiger partial charge < -0.3 is 20.0 Å². The number of likely N-dealkylation sites (N-methyl/N-ethyl adjacent to an activating group) is 1. The van der Waals surface area contributed by atoms with Crippen LogP contribution in [0.5, 0.6) is 0 Å². The number of rotatable bonds is 7. The van der Waals surface area contributed by atoms with Crippen LogP contribution in [-0.2, 0) is 23.2 Å². The highest BCUT2D eigenvalue weighted by atomic mass is 16.4. The van der Waals surface area contributed by atoms with Crippen molar-refractivity contribution < 1.29 is 9.21 Å². The SMILES string of the molecule is CN(C)C(=O)CN=C(NCCc1ccccc1)NCc1ncc(C(C)(C)C)o1. The molecular formula is C21H31N5O2. The van der Waals surface area contributed by atoms with Crippen LogP contribution in [0.2, 0.25) is 0 Å². The summed E-state index contributed by atoms with van der Waals surface area (Å²) < 4.78 is 5.80. The van der Waals surface area contributed by atoms with E-state index in [2.05, 4.69) is 53.5 Å².